The average molecular weight is 411 g/mol. The quantitative estimate of drug-likeness (QED) is 0.395. The fourth-order valence-corrected chi connectivity index (χ4v) is 5.08. The number of fused-ring (bicyclic) bond motifs is 2. The Hall–Kier alpha value is -2.92. The number of nitro groups is 1. The minimum absolute atomic E-state index is 0.0399. The summed E-state index contributed by atoms with van der Waals surface area (Å²) >= 11 is 1.52. The number of nitriles is 1. The first-order valence-electron chi connectivity index (χ1n) is 9.44. The topological polar surface area (TPSA) is 97.8 Å². The number of nitrogens with zero attached hydrogens (tertiary/aromatic N) is 3. The van der Waals surface area contributed by atoms with E-state index in [0.29, 0.717) is 33.5 Å². The second-order valence-corrected chi connectivity index (χ2v) is 9.46. The summed E-state index contributed by atoms with van der Waals surface area (Å²) in [5.41, 5.74) is 2.11. The number of ether oxygens (including phenoxy) is 2. The normalized spacial score (nSPS) is 17.9. The molecule has 2 heterocycles. The Labute approximate surface area is 172 Å². The Balaban J connectivity index is 1.69. The highest BCUT2D eigenvalue weighted by Gasteiger charge is 2.32. The summed E-state index contributed by atoms with van der Waals surface area (Å²) in [6, 6.07) is 5.19. The lowest BCUT2D eigenvalue weighted by atomic mass is 9.72. The lowest BCUT2D eigenvalue weighted by Gasteiger charge is -2.33. The monoisotopic (exact) mass is 411 g/mol. The lowest BCUT2D eigenvalue weighted by Crippen LogP contribution is -2.26. The van der Waals surface area contributed by atoms with Crippen molar-refractivity contribution >= 4 is 28.2 Å². The van der Waals surface area contributed by atoms with Gasteiger partial charge in [-0.15, -0.1) is 11.3 Å². The molecule has 4 rings (SSSR count). The molecule has 1 aromatic carbocycles. The van der Waals surface area contributed by atoms with Gasteiger partial charge in [-0.25, -0.2) is 4.99 Å². The van der Waals surface area contributed by atoms with Gasteiger partial charge >= 0.3 is 0 Å². The number of hydrogen-bond acceptors (Lipinski definition) is 7. The van der Waals surface area contributed by atoms with Gasteiger partial charge in [-0.05, 0) is 42.2 Å². The van der Waals surface area contributed by atoms with Crippen molar-refractivity contribution < 1.29 is 14.4 Å². The van der Waals surface area contributed by atoms with Gasteiger partial charge in [0.25, 0.3) is 5.69 Å². The molecule has 1 aliphatic carbocycles. The van der Waals surface area contributed by atoms with Crippen LogP contribution in [0.15, 0.2) is 17.1 Å². The molecule has 0 radical (unpaired) electrons. The second kappa shape index (κ2) is 7.16. The van der Waals surface area contributed by atoms with E-state index in [1.54, 1.807) is 6.07 Å². The van der Waals surface area contributed by atoms with Gasteiger partial charge in [0, 0.05) is 11.1 Å². The van der Waals surface area contributed by atoms with Crippen LogP contribution in [0.5, 0.6) is 11.5 Å². The molecule has 0 saturated carbocycles. The molecule has 150 valence electrons. The summed E-state index contributed by atoms with van der Waals surface area (Å²) in [6.45, 7) is 6.79. The third-order valence-electron chi connectivity index (χ3n) is 5.62. The number of rotatable bonds is 3. The largest absolute Gasteiger partial charge is 0.454 e. The highest BCUT2D eigenvalue weighted by atomic mass is 32.1. The van der Waals surface area contributed by atoms with Gasteiger partial charge in [0.1, 0.15) is 11.1 Å². The van der Waals surface area contributed by atoms with E-state index < -0.39 is 4.92 Å². The van der Waals surface area contributed by atoms with E-state index in [4.69, 9.17) is 9.47 Å². The van der Waals surface area contributed by atoms with Crippen LogP contribution in [0, 0.1) is 32.8 Å². The van der Waals surface area contributed by atoms with E-state index in [-0.39, 0.29) is 17.9 Å². The first-order valence-corrected chi connectivity index (χ1v) is 10.3. The van der Waals surface area contributed by atoms with Crippen molar-refractivity contribution in [2.24, 2.45) is 16.3 Å². The van der Waals surface area contributed by atoms with Crippen molar-refractivity contribution in [3.05, 3.63) is 43.8 Å². The van der Waals surface area contributed by atoms with Crippen LogP contribution < -0.4 is 9.47 Å². The molecule has 0 N–H and O–H groups in total. The van der Waals surface area contributed by atoms with Crippen LogP contribution in [0.2, 0.25) is 0 Å². The molecule has 0 saturated heterocycles. The van der Waals surface area contributed by atoms with Crippen LogP contribution in [0.3, 0.4) is 0 Å². The molecular weight excluding hydrogens is 390 g/mol. The highest BCUT2D eigenvalue weighted by molar-refractivity contribution is 7.16. The van der Waals surface area contributed by atoms with Crippen LogP contribution in [0.4, 0.5) is 10.7 Å². The van der Waals surface area contributed by atoms with Crippen LogP contribution >= 0.6 is 11.3 Å². The first kappa shape index (κ1) is 19.4. The average Bonchev–Trinajstić information content (AvgIpc) is 3.27. The summed E-state index contributed by atoms with van der Waals surface area (Å²) in [6.07, 6.45) is 4.31. The van der Waals surface area contributed by atoms with Gasteiger partial charge in [-0.3, -0.25) is 10.1 Å². The Bertz CT molecular complexity index is 1060. The van der Waals surface area contributed by atoms with Gasteiger partial charge in [0.05, 0.1) is 22.1 Å². The Morgan fingerprint density at radius 3 is 2.72 bits per heavy atom. The number of nitro benzene ring substituents is 1. The van der Waals surface area contributed by atoms with Crippen molar-refractivity contribution in [3.8, 4) is 17.6 Å². The zero-order chi connectivity index (χ0) is 20.8. The highest BCUT2D eigenvalue weighted by Crippen LogP contribution is 2.45. The van der Waals surface area contributed by atoms with E-state index in [9.17, 15) is 15.4 Å². The molecule has 0 bridgehead atoms. The van der Waals surface area contributed by atoms with Crippen molar-refractivity contribution in [1.82, 2.24) is 0 Å². The molecule has 0 unspecified atom stereocenters. The van der Waals surface area contributed by atoms with Gasteiger partial charge < -0.3 is 9.47 Å². The molecule has 0 spiro atoms. The fraction of sp³-hybridized carbons (Fsp3) is 0.429. The molecule has 1 aromatic heterocycles. The summed E-state index contributed by atoms with van der Waals surface area (Å²) in [5, 5.41) is 21.7. The van der Waals surface area contributed by atoms with E-state index in [1.807, 2.05) is 0 Å². The fourth-order valence-electron chi connectivity index (χ4n) is 3.85. The van der Waals surface area contributed by atoms with Gasteiger partial charge in [-0.2, -0.15) is 5.26 Å². The standard InChI is InChI=1S/C21H21N3O4S/c1-21(2,3)13-4-5-14-15(9-22)20(29-19(14)7-13)23-10-12-6-17-18(28-11-27-17)8-16(12)24(25)26/h6,8,10,13H,4-5,7,11H2,1-3H3/t13-/m0/s1. The van der Waals surface area contributed by atoms with E-state index in [1.165, 1.54) is 28.5 Å². The summed E-state index contributed by atoms with van der Waals surface area (Å²) < 4.78 is 10.5. The predicted molar refractivity (Wildman–Crippen MR) is 110 cm³/mol. The third-order valence-corrected chi connectivity index (χ3v) is 6.79. The van der Waals surface area contributed by atoms with E-state index >= 15 is 0 Å². The molecule has 1 atom stereocenters. The molecule has 0 fully saturated rings. The summed E-state index contributed by atoms with van der Waals surface area (Å²) in [7, 11) is 0. The molecule has 0 amide bonds. The van der Waals surface area contributed by atoms with Crippen molar-refractivity contribution in [2.45, 2.75) is 40.0 Å². The lowest BCUT2D eigenvalue weighted by molar-refractivity contribution is -0.385. The molecule has 29 heavy (non-hydrogen) atoms. The number of thiophene rings is 1. The Kier molecular flexibility index (Phi) is 4.79. The Morgan fingerprint density at radius 1 is 1.34 bits per heavy atom. The molecular formula is C21H21N3O4S. The van der Waals surface area contributed by atoms with E-state index in [2.05, 4.69) is 31.8 Å². The zero-order valence-corrected chi connectivity index (χ0v) is 17.3. The second-order valence-electron chi connectivity index (χ2n) is 8.38. The molecule has 1 aliphatic heterocycles. The number of aliphatic imine (C=N–C) groups is 1. The maximum atomic E-state index is 11.4. The predicted octanol–water partition coefficient (Wildman–Crippen LogP) is 5.16. The van der Waals surface area contributed by atoms with Crippen molar-refractivity contribution in [1.29, 1.82) is 5.26 Å². The van der Waals surface area contributed by atoms with Crippen LogP contribution in [-0.2, 0) is 12.8 Å². The molecule has 7 nitrogen and oxygen atoms in total. The number of hydrogen-bond donors (Lipinski definition) is 0. The molecule has 2 aliphatic rings. The summed E-state index contributed by atoms with van der Waals surface area (Å²) in [4.78, 5) is 16.7. The van der Waals surface area contributed by atoms with Crippen LogP contribution in [-0.4, -0.2) is 17.9 Å². The van der Waals surface area contributed by atoms with E-state index in [0.717, 1.165) is 24.8 Å². The summed E-state index contributed by atoms with van der Waals surface area (Å²) in [5.74, 6) is 1.37. The van der Waals surface area contributed by atoms with Gasteiger partial charge in [0.15, 0.2) is 11.5 Å². The molecule has 2 aromatic rings. The SMILES string of the molecule is CC(C)(C)[C@H]1CCc2c(sc(N=Cc3cc4c(cc3[N+](=O)[O-])OCO4)c2C#N)C1. The molecule has 8 heteroatoms. The van der Waals surface area contributed by atoms with Crippen LogP contribution in [0.25, 0.3) is 0 Å². The zero-order valence-electron chi connectivity index (χ0n) is 16.5. The maximum Gasteiger partial charge on any atom is 0.282 e. The smallest absolute Gasteiger partial charge is 0.282 e. The van der Waals surface area contributed by atoms with Gasteiger partial charge in [0.2, 0.25) is 6.79 Å². The minimum Gasteiger partial charge on any atom is -0.454 e. The van der Waals surface area contributed by atoms with Crippen molar-refractivity contribution in [3.63, 3.8) is 0 Å². The maximum absolute atomic E-state index is 11.4. The Morgan fingerprint density at radius 2 is 2.07 bits per heavy atom. The van der Waals surface area contributed by atoms with Crippen LogP contribution in [0.1, 0.15) is 48.8 Å². The third kappa shape index (κ3) is 3.58. The first-order chi connectivity index (χ1) is 13.8. The van der Waals surface area contributed by atoms with Gasteiger partial charge in [-0.1, -0.05) is 20.8 Å². The van der Waals surface area contributed by atoms with Crippen molar-refractivity contribution in [2.75, 3.05) is 6.79 Å². The minimum atomic E-state index is -0.470. The number of benzene rings is 1.